The second kappa shape index (κ2) is 5.27. The van der Waals surface area contributed by atoms with Crippen molar-refractivity contribution in [2.45, 2.75) is 19.7 Å². The zero-order valence-corrected chi connectivity index (χ0v) is 13.6. The molecule has 120 valence electrons. The summed E-state index contributed by atoms with van der Waals surface area (Å²) in [5.74, 6) is -1.31. The number of aromatic nitrogens is 2. The molecular weight excluding hydrogens is 300 g/mol. The summed E-state index contributed by atoms with van der Waals surface area (Å²) in [6.45, 7) is 3.35. The fourth-order valence-electron chi connectivity index (χ4n) is 3.47. The summed E-state index contributed by atoms with van der Waals surface area (Å²) in [5.41, 5.74) is 2.05. The van der Waals surface area contributed by atoms with E-state index in [1.807, 2.05) is 60.3 Å². The third-order valence-electron chi connectivity index (χ3n) is 4.42. The fourth-order valence-corrected chi connectivity index (χ4v) is 3.47. The van der Waals surface area contributed by atoms with Crippen LogP contribution >= 0.6 is 0 Å². The predicted molar refractivity (Wildman–Crippen MR) is 94.7 cm³/mol. The summed E-state index contributed by atoms with van der Waals surface area (Å²) in [6.07, 6.45) is 3.82. The Morgan fingerprint density at radius 1 is 0.875 bits per heavy atom. The van der Waals surface area contributed by atoms with Crippen LogP contribution in [0.3, 0.4) is 0 Å². The Hall–Kier alpha value is -3.01. The quantitative estimate of drug-likeness (QED) is 0.527. The molecule has 0 N–H and O–H groups in total. The molecule has 24 heavy (non-hydrogen) atoms. The molecule has 4 aromatic rings. The maximum atomic E-state index is 11.9. The topological polar surface area (TPSA) is 36.2 Å². The Balaban J connectivity index is 2.14. The first-order valence-corrected chi connectivity index (χ1v) is 7.93. The van der Waals surface area contributed by atoms with Crippen molar-refractivity contribution in [3.8, 4) is 0 Å². The van der Waals surface area contributed by atoms with Gasteiger partial charge >= 0.3 is 5.97 Å². The molecule has 4 nitrogen and oxygen atoms in total. The lowest BCUT2D eigenvalue weighted by Gasteiger charge is -2.33. The van der Waals surface area contributed by atoms with Crippen molar-refractivity contribution in [3.63, 3.8) is 0 Å². The Morgan fingerprint density at radius 3 is 1.88 bits per heavy atom. The first-order chi connectivity index (χ1) is 11.6. The minimum atomic E-state index is -0.988. The van der Waals surface area contributed by atoms with Crippen LogP contribution in [0, 0.1) is 0 Å². The predicted octanol–water partition coefficient (Wildman–Crippen LogP) is 4.34. The average molecular weight is 318 g/mol. The van der Waals surface area contributed by atoms with Crippen molar-refractivity contribution < 1.29 is 9.53 Å². The van der Waals surface area contributed by atoms with Crippen LogP contribution in [0.15, 0.2) is 73.1 Å². The van der Waals surface area contributed by atoms with E-state index in [9.17, 15) is 4.79 Å². The molecule has 4 rings (SSSR count). The van der Waals surface area contributed by atoms with Crippen LogP contribution in [0.1, 0.15) is 13.8 Å². The zero-order chi connectivity index (χ0) is 16.7. The Bertz CT molecular complexity index is 977. The van der Waals surface area contributed by atoms with Crippen LogP contribution in [0.25, 0.3) is 21.8 Å². The molecule has 2 heterocycles. The molecule has 2 aromatic carbocycles. The zero-order valence-electron chi connectivity index (χ0n) is 13.6. The lowest BCUT2D eigenvalue weighted by molar-refractivity contribution is -0.170. The van der Waals surface area contributed by atoms with Gasteiger partial charge in [-0.05, 0) is 24.3 Å². The van der Waals surface area contributed by atoms with Gasteiger partial charge in [0.05, 0.1) is 11.0 Å². The second-order valence-corrected chi connectivity index (χ2v) is 5.99. The number of para-hydroxylation sites is 2. The van der Waals surface area contributed by atoms with Gasteiger partial charge in [0.25, 0.3) is 5.85 Å². The van der Waals surface area contributed by atoms with Gasteiger partial charge in [-0.2, -0.15) is 0 Å². The number of benzene rings is 2. The molecule has 2 aromatic heterocycles. The van der Waals surface area contributed by atoms with Crippen molar-refractivity contribution in [1.29, 1.82) is 0 Å². The highest BCUT2D eigenvalue weighted by atomic mass is 16.6. The molecular formula is C20H18N2O2. The number of ether oxygens (including phenoxy) is 1. The number of fused-ring (bicyclic) bond motifs is 3. The molecule has 4 heteroatoms. The Labute approximate surface area is 139 Å². The summed E-state index contributed by atoms with van der Waals surface area (Å²) in [5, 5.41) is 2.28. The van der Waals surface area contributed by atoms with Gasteiger partial charge in [0.2, 0.25) is 0 Å². The number of esters is 1. The van der Waals surface area contributed by atoms with Gasteiger partial charge in [-0.25, -0.2) is 0 Å². The van der Waals surface area contributed by atoms with Gasteiger partial charge in [-0.1, -0.05) is 36.4 Å². The van der Waals surface area contributed by atoms with Crippen molar-refractivity contribution in [2.24, 2.45) is 0 Å². The van der Waals surface area contributed by atoms with Crippen LogP contribution in [-0.2, 0) is 15.4 Å². The number of hydrogen-bond donors (Lipinski definition) is 0. The number of hydrogen-bond acceptors (Lipinski definition) is 2. The molecule has 0 saturated heterocycles. The summed E-state index contributed by atoms with van der Waals surface area (Å²) in [7, 11) is 0. The van der Waals surface area contributed by atoms with Gasteiger partial charge in [0.15, 0.2) is 0 Å². The molecule has 0 aliphatic rings. The summed E-state index contributed by atoms with van der Waals surface area (Å²) >= 11 is 0. The molecule has 0 radical (unpaired) electrons. The molecule has 1 unspecified atom stereocenters. The number of nitrogens with zero attached hydrogens (tertiary/aromatic N) is 2. The van der Waals surface area contributed by atoms with Crippen molar-refractivity contribution in [1.82, 2.24) is 9.13 Å². The first kappa shape index (κ1) is 14.6. The van der Waals surface area contributed by atoms with Crippen LogP contribution in [-0.4, -0.2) is 15.1 Å². The third-order valence-corrected chi connectivity index (χ3v) is 4.42. The largest absolute Gasteiger partial charge is 0.419 e. The van der Waals surface area contributed by atoms with Gasteiger partial charge in [0, 0.05) is 37.0 Å². The summed E-state index contributed by atoms with van der Waals surface area (Å²) in [4.78, 5) is 11.9. The highest BCUT2D eigenvalue weighted by molar-refractivity contribution is 6.08. The monoisotopic (exact) mass is 318 g/mol. The minimum absolute atomic E-state index is 0.326. The standard InChI is InChI=1S/C20H18N2O2/c1-15(23)24-20(2,21-13-7-8-14-21)22-18-11-5-3-9-16(18)17-10-4-6-12-19(17)22/h3-14H,1-2H3. The average Bonchev–Trinajstić information content (AvgIpc) is 3.21. The number of carbonyl (C=O) groups is 1. The lowest BCUT2D eigenvalue weighted by Crippen LogP contribution is -2.41. The van der Waals surface area contributed by atoms with Crippen molar-refractivity contribution in [2.75, 3.05) is 0 Å². The van der Waals surface area contributed by atoms with Crippen LogP contribution < -0.4 is 0 Å². The summed E-state index contributed by atoms with van der Waals surface area (Å²) < 4.78 is 9.82. The van der Waals surface area contributed by atoms with E-state index in [0.717, 1.165) is 21.8 Å². The molecule has 0 aliphatic carbocycles. The molecule has 1 atom stereocenters. The van der Waals surface area contributed by atoms with Gasteiger partial charge in [0.1, 0.15) is 0 Å². The lowest BCUT2D eigenvalue weighted by atomic mass is 10.2. The smallest absolute Gasteiger partial charge is 0.306 e. The minimum Gasteiger partial charge on any atom is -0.419 e. The van der Waals surface area contributed by atoms with E-state index >= 15 is 0 Å². The highest BCUT2D eigenvalue weighted by Gasteiger charge is 2.34. The second-order valence-electron chi connectivity index (χ2n) is 5.99. The van der Waals surface area contributed by atoms with E-state index in [-0.39, 0.29) is 5.97 Å². The SMILES string of the molecule is CC(=O)OC(C)(n1cccc1)n1c2ccccc2c2ccccc21. The highest BCUT2D eigenvalue weighted by Crippen LogP contribution is 2.35. The van der Waals surface area contributed by atoms with E-state index in [1.165, 1.54) is 6.92 Å². The molecule has 0 bridgehead atoms. The first-order valence-electron chi connectivity index (χ1n) is 7.93. The maximum Gasteiger partial charge on any atom is 0.306 e. The van der Waals surface area contributed by atoms with E-state index in [1.54, 1.807) is 0 Å². The normalized spacial score (nSPS) is 13.9. The molecule has 0 saturated carbocycles. The van der Waals surface area contributed by atoms with Gasteiger partial charge in [-0.3, -0.25) is 13.9 Å². The molecule has 0 aliphatic heterocycles. The van der Waals surface area contributed by atoms with Crippen LogP contribution in [0.4, 0.5) is 0 Å². The van der Waals surface area contributed by atoms with Crippen molar-refractivity contribution >= 4 is 27.8 Å². The Morgan fingerprint density at radius 2 is 1.38 bits per heavy atom. The van der Waals surface area contributed by atoms with Gasteiger partial charge < -0.3 is 4.74 Å². The number of carbonyl (C=O) groups excluding carboxylic acids is 1. The van der Waals surface area contributed by atoms with Crippen molar-refractivity contribution in [3.05, 3.63) is 73.1 Å². The fraction of sp³-hybridized carbons (Fsp3) is 0.150. The molecule has 0 fully saturated rings. The summed E-state index contributed by atoms with van der Waals surface area (Å²) in [6, 6.07) is 20.2. The maximum absolute atomic E-state index is 11.9. The van der Waals surface area contributed by atoms with E-state index < -0.39 is 5.85 Å². The molecule has 0 spiro atoms. The van der Waals surface area contributed by atoms with E-state index in [2.05, 4.69) is 28.8 Å². The van der Waals surface area contributed by atoms with Crippen LogP contribution in [0.5, 0.6) is 0 Å². The van der Waals surface area contributed by atoms with E-state index in [4.69, 9.17) is 4.74 Å². The van der Waals surface area contributed by atoms with E-state index in [0.29, 0.717) is 0 Å². The van der Waals surface area contributed by atoms with Gasteiger partial charge in [-0.15, -0.1) is 0 Å². The third kappa shape index (κ3) is 2.03. The Kier molecular flexibility index (Phi) is 3.20. The number of rotatable bonds is 3. The van der Waals surface area contributed by atoms with Crippen LogP contribution in [0.2, 0.25) is 0 Å². The molecule has 0 amide bonds.